The van der Waals surface area contributed by atoms with E-state index in [0.717, 1.165) is 18.7 Å². The average molecular weight is 265 g/mol. The maximum Gasteiger partial charge on any atom is 0.165 e. The zero-order valence-electron chi connectivity index (χ0n) is 10.5. The lowest BCUT2D eigenvalue weighted by atomic mass is 10.3. The van der Waals surface area contributed by atoms with Crippen molar-refractivity contribution in [3.8, 4) is 5.75 Å². The van der Waals surface area contributed by atoms with E-state index in [1.165, 1.54) is 22.9 Å². The van der Waals surface area contributed by atoms with Crippen molar-refractivity contribution in [2.45, 2.75) is 19.9 Å². The van der Waals surface area contributed by atoms with Crippen LogP contribution in [-0.2, 0) is 13.0 Å². The Balaban J connectivity index is 2.01. The summed E-state index contributed by atoms with van der Waals surface area (Å²) in [7, 11) is 1.47. The second-order valence-corrected chi connectivity index (χ2v) is 5.18. The summed E-state index contributed by atoms with van der Waals surface area (Å²) in [5, 5.41) is 3.26. The summed E-state index contributed by atoms with van der Waals surface area (Å²) in [6.45, 7) is 2.90. The van der Waals surface area contributed by atoms with Gasteiger partial charge in [-0.15, -0.1) is 11.3 Å². The van der Waals surface area contributed by atoms with Gasteiger partial charge in [-0.05, 0) is 30.7 Å². The van der Waals surface area contributed by atoms with Crippen molar-refractivity contribution in [1.82, 2.24) is 0 Å². The highest BCUT2D eigenvalue weighted by Gasteiger charge is 2.04. The van der Waals surface area contributed by atoms with Crippen molar-refractivity contribution < 1.29 is 9.13 Å². The molecule has 0 bridgehead atoms. The number of benzene rings is 1. The minimum atomic E-state index is -0.340. The zero-order valence-corrected chi connectivity index (χ0v) is 11.3. The van der Waals surface area contributed by atoms with Gasteiger partial charge in [-0.25, -0.2) is 4.39 Å². The maximum absolute atomic E-state index is 13.2. The molecule has 2 nitrogen and oxygen atoms in total. The molecule has 2 rings (SSSR count). The van der Waals surface area contributed by atoms with E-state index in [2.05, 4.69) is 24.4 Å². The zero-order chi connectivity index (χ0) is 13.0. The molecular weight excluding hydrogens is 249 g/mol. The molecule has 0 atom stereocenters. The number of rotatable bonds is 5. The molecule has 0 aliphatic rings. The van der Waals surface area contributed by atoms with Crippen molar-refractivity contribution in [2.24, 2.45) is 0 Å². The second-order valence-electron chi connectivity index (χ2n) is 3.92. The van der Waals surface area contributed by atoms with Crippen LogP contribution < -0.4 is 10.1 Å². The van der Waals surface area contributed by atoms with Crippen molar-refractivity contribution in [3.63, 3.8) is 0 Å². The molecular formula is C14H16FNOS. The fourth-order valence-electron chi connectivity index (χ4n) is 1.67. The largest absolute Gasteiger partial charge is 0.494 e. The Labute approximate surface area is 110 Å². The summed E-state index contributed by atoms with van der Waals surface area (Å²) in [5.41, 5.74) is 0.861. The first-order chi connectivity index (χ1) is 8.72. The van der Waals surface area contributed by atoms with E-state index in [-0.39, 0.29) is 11.6 Å². The lowest BCUT2D eigenvalue weighted by Gasteiger charge is -2.07. The molecule has 0 radical (unpaired) electrons. The van der Waals surface area contributed by atoms with E-state index >= 15 is 0 Å². The number of ether oxygens (including phenoxy) is 1. The molecule has 1 N–H and O–H groups in total. The molecule has 0 unspecified atom stereocenters. The van der Waals surface area contributed by atoms with Gasteiger partial charge in [0.2, 0.25) is 0 Å². The molecule has 0 aliphatic heterocycles. The Bertz CT molecular complexity index is 524. The van der Waals surface area contributed by atoms with Gasteiger partial charge in [0, 0.05) is 28.1 Å². The first-order valence-electron chi connectivity index (χ1n) is 5.88. The predicted molar refractivity (Wildman–Crippen MR) is 74.0 cm³/mol. The Hall–Kier alpha value is -1.55. The van der Waals surface area contributed by atoms with E-state index in [1.54, 1.807) is 23.5 Å². The SMILES string of the molecule is CCc1ccc(CNc2ccc(F)c(OC)c2)s1. The van der Waals surface area contributed by atoms with Gasteiger partial charge in [-0.2, -0.15) is 0 Å². The predicted octanol–water partition coefficient (Wildman–Crippen LogP) is 4.07. The minimum Gasteiger partial charge on any atom is -0.494 e. The van der Waals surface area contributed by atoms with E-state index in [4.69, 9.17) is 4.74 Å². The van der Waals surface area contributed by atoms with Gasteiger partial charge in [0.25, 0.3) is 0 Å². The molecule has 0 fully saturated rings. The molecule has 0 saturated heterocycles. The van der Waals surface area contributed by atoms with Crippen LogP contribution in [0.25, 0.3) is 0 Å². The van der Waals surface area contributed by atoms with E-state index in [9.17, 15) is 4.39 Å². The monoisotopic (exact) mass is 265 g/mol. The first-order valence-corrected chi connectivity index (χ1v) is 6.69. The van der Waals surface area contributed by atoms with Crippen molar-refractivity contribution >= 4 is 17.0 Å². The molecule has 0 amide bonds. The normalized spacial score (nSPS) is 10.4. The second kappa shape index (κ2) is 5.87. The van der Waals surface area contributed by atoms with E-state index in [1.807, 2.05) is 0 Å². The number of thiophene rings is 1. The van der Waals surface area contributed by atoms with Gasteiger partial charge >= 0.3 is 0 Å². The van der Waals surface area contributed by atoms with E-state index < -0.39 is 0 Å². The molecule has 1 aromatic heterocycles. The summed E-state index contributed by atoms with van der Waals surface area (Å²) in [4.78, 5) is 2.65. The standard InChI is InChI=1S/C14H16FNOS/c1-3-11-5-6-12(18-11)9-16-10-4-7-13(15)14(8-10)17-2/h4-8,16H,3,9H2,1-2H3. The molecule has 0 aliphatic carbocycles. The Kier molecular flexibility index (Phi) is 4.20. The average Bonchev–Trinajstić information content (AvgIpc) is 2.86. The first kappa shape index (κ1) is 12.9. The fraction of sp³-hybridized carbons (Fsp3) is 0.286. The number of hydrogen-bond donors (Lipinski definition) is 1. The van der Waals surface area contributed by atoms with Crippen LogP contribution in [0.3, 0.4) is 0 Å². The smallest absolute Gasteiger partial charge is 0.165 e. The minimum absolute atomic E-state index is 0.264. The van der Waals surface area contributed by atoms with Crippen LogP contribution in [-0.4, -0.2) is 7.11 Å². The molecule has 2 aromatic rings. The third kappa shape index (κ3) is 3.01. The van der Waals surface area contributed by atoms with Crippen LogP contribution in [0, 0.1) is 5.82 Å². The Morgan fingerprint density at radius 2 is 2.00 bits per heavy atom. The summed E-state index contributed by atoms with van der Waals surface area (Å²) in [5.74, 6) is -0.0760. The number of anilines is 1. The number of hydrogen-bond acceptors (Lipinski definition) is 3. The van der Waals surface area contributed by atoms with Gasteiger partial charge in [0.05, 0.1) is 7.11 Å². The summed E-state index contributed by atoms with van der Waals surface area (Å²) in [6.07, 6.45) is 1.06. The number of halogens is 1. The van der Waals surface area contributed by atoms with Crippen LogP contribution in [0.5, 0.6) is 5.75 Å². The quantitative estimate of drug-likeness (QED) is 0.880. The summed E-state index contributed by atoms with van der Waals surface area (Å²) < 4.78 is 18.2. The van der Waals surface area contributed by atoms with Crippen molar-refractivity contribution in [2.75, 3.05) is 12.4 Å². The van der Waals surface area contributed by atoms with Crippen LogP contribution in [0.4, 0.5) is 10.1 Å². The highest BCUT2D eigenvalue weighted by molar-refractivity contribution is 7.12. The lowest BCUT2D eigenvalue weighted by molar-refractivity contribution is 0.387. The number of aryl methyl sites for hydroxylation is 1. The van der Waals surface area contributed by atoms with Gasteiger partial charge in [0.15, 0.2) is 11.6 Å². The van der Waals surface area contributed by atoms with Crippen LogP contribution in [0.2, 0.25) is 0 Å². The van der Waals surface area contributed by atoms with Gasteiger partial charge in [-0.3, -0.25) is 0 Å². The lowest BCUT2D eigenvalue weighted by Crippen LogP contribution is -1.98. The van der Waals surface area contributed by atoms with E-state index in [0.29, 0.717) is 0 Å². The third-order valence-corrected chi connectivity index (χ3v) is 3.91. The molecule has 96 valence electrons. The topological polar surface area (TPSA) is 21.3 Å². The molecule has 1 heterocycles. The molecule has 0 saturated carbocycles. The highest BCUT2D eigenvalue weighted by Crippen LogP contribution is 2.23. The molecule has 0 spiro atoms. The summed E-state index contributed by atoms with van der Waals surface area (Å²) >= 11 is 1.80. The van der Waals surface area contributed by atoms with Crippen LogP contribution >= 0.6 is 11.3 Å². The molecule has 18 heavy (non-hydrogen) atoms. The Morgan fingerprint density at radius 1 is 1.22 bits per heavy atom. The van der Waals surface area contributed by atoms with Crippen LogP contribution in [0.1, 0.15) is 16.7 Å². The van der Waals surface area contributed by atoms with Gasteiger partial charge < -0.3 is 10.1 Å². The summed E-state index contributed by atoms with van der Waals surface area (Å²) in [6, 6.07) is 9.06. The third-order valence-electron chi connectivity index (χ3n) is 2.68. The van der Waals surface area contributed by atoms with Crippen LogP contribution in [0.15, 0.2) is 30.3 Å². The highest BCUT2D eigenvalue weighted by atomic mass is 32.1. The number of methoxy groups -OCH3 is 1. The Morgan fingerprint density at radius 3 is 2.67 bits per heavy atom. The van der Waals surface area contributed by atoms with Crippen molar-refractivity contribution in [1.29, 1.82) is 0 Å². The fourth-order valence-corrected chi connectivity index (χ4v) is 2.56. The van der Waals surface area contributed by atoms with Gasteiger partial charge in [0.1, 0.15) is 0 Å². The van der Waals surface area contributed by atoms with Crippen molar-refractivity contribution in [3.05, 3.63) is 45.9 Å². The number of nitrogens with one attached hydrogen (secondary N) is 1. The maximum atomic E-state index is 13.2. The molecule has 4 heteroatoms. The molecule has 1 aromatic carbocycles. The van der Waals surface area contributed by atoms with Gasteiger partial charge in [-0.1, -0.05) is 6.92 Å².